The van der Waals surface area contributed by atoms with Crippen LogP contribution in [0.4, 0.5) is 5.13 Å². The fraction of sp³-hybridized carbons (Fsp3) is 0.667. The Labute approximate surface area is 106 Å². The lowest BCUT2D eigenvalue weighted by Gasteiger charge is -2.19. The number of carbonyl (C=O) groups excluding carboxylic acids is 1. The van der Waals surface area contributed by atoms with Crippen LogP contribution in [-0.4, -0.2) is 16.9 Å². The monoisotopic (exact) mass is 253 g/mol. The van der Waals surface area contributed by atoms with Crippen molar-refractivity contribution < 1.29 is 4.79 Å². The summed E-state index contributed by atoms with van der Waals surface area (Å²) < 4.78 is 0. The van der Waals surface area contributed by atoms with Crippen molar-refractivity contribution in [3.05, 3.63) is 10.6 Å². The lowest BCUT2D eigenvalue weighted by atomic mass is 10.00. The minimum absolute atomic E-state index is 0.0314. The molecule has 1 saturated carbocycles. The highest BCUT2D eigenvalue weighted by molar-refractivity contribution is 7.17. The Hall–Kier alpha value is -1.10. The molecule has 1 heterocycles. The Balaban J connectivity index is 1.98. The smallest absolute Gasteiger partial charge is 0.263 e. The third kappa shape index (κ3) is 2.77. The van der Waals surface area contributed by atoms with Crippen LogP contribution >= 0.6 is 11.3 Å². The van der Waals surface area contributed by atoms with Crippen LogP contribution in [0.5, 0.6) is 0 Å². The Morgan fingerprint density at radius 3 is 2.71 bits per heavy atom. The second kappa shape index (κ2) is 5.04. The average Bonchev–Trinajstić information content (AvgIpc) is 2.87. The topological polar surface area (TPSA) is 68.0 Å². The maximum Gasteiger partial charge on any atom is 0.263 e. The Kier molecular flexibility index (Phi) is 3.66. The molecule has 1 fully saturated rings. The summed E-state index contributed by atoms with van der Waals surface area (Å²) >= 11 is 1.26. The summed E-state index contributed by atoms with van der Waals surface area (Å²) in [5.74, 6) is 0.598. The van der Waals surface area contributed by atoms with E-state index in [2.05, 4.69) is 17.2 Å². The molecule has 1 atom stereocenters. The number of nitrogens with one attached hydrogen (secondary N) is 1. The molecule has 0 saturated heterocycles. The molecular weight excluding hydrogens is 234 g/mol. The first-order valence-electron chi connectivity index (χ1n) is 6.11. The number of amides is 1. The second-order valence-corrected chi connectivity index (χ2v) is 5.80. The van der Waals surface area contributed by atoms with Crippen molar-refractivity contribution >= 4 is 22.4 Å². The summed E-state index contributed by atoms with van der Waals surface area (Å²) in [6.07, 6.45) is 5.03. The van der Waals surface area contributed by atoms with Gasteiger partial charge in [0.25, 0.3) is 5.91 Å². The zero-order valence-electron chi connectivity index (χ0n) is 10.3. The summed E-state index contributed by atoms with van der Waals surface area (Å²) in [7, 11) is 0. The van der Waals surface area contributed by atoms with E-state index in [0.717, 1.165) is 5.69 Å². The number of thiazole rings is 1. The largest absolute Gasteiger partial charge is 0.375 e. The van der Waals surface area contributed by atoms with Crippen LogP contribution in [0.15, 0.2) is 0 Å². The minimum Gasteiger partial charge on any atom is -0.375 e. The highest BCUT2D eigenvalue weighted by atomic mass is 32.1. The van der Waals surface area contributed by atoms with Gasteiger partial charge in [0.15, 0.2) is 5.13 Å². The van der Waals surface area contributed by atoms with Crippen LogP contribution in [0.2, 0.25) is 0 Å². The summed E-state index contributed by atoms with van der Waals surface area (Å²) in [5, 5.41) is 3.53. The number of aryl methyl sites for hydroxylation is 1. The molecular formula is C12H19N3OS. The molecule has 0 spiro atoms. The highest BCUT2D eigenvalue weighted by Crippen LogP contribution is 2.28. The summed E-state index contributed by atoms with van der Waals surface area (Å²) in [4.78, 5) is 16.8. The molecule has 3 N–H and O–H groups in total. The Morgan fingerprint density at radius 1 is 1.53 bits per heavy atom. The number of nitrogens with zero attached hydrogens (tertiary/aromatic N) is 1. The summed E-state index contributed by atoms with van der Waals surface area (Å²) in [6.45, 7) is 3.91. The molecule has 5 heteroatoms. The first kappa shape index (κ1) is 12.4. The van der Waals surface area contributed by atoms with Crippen molar-refractivity contribution in [2.75, 3.05) is 5.73 Å². The standard InChI is InChI=1S/C12H19N3OS/c1-7(9-5-3-4-6-9)14-11(16)10-8(2)15-12(13)17-10/h7,9H,3-6H2,1-2H3,(H2,13,15)(H,14,16). The molecule has 1 amide bonds. The van der Waals surface area contributed by atoms with E-state index in [1.165, 1.54) is 37.0 Å². The van der Waals surface area contributed by atoms with E-state index in [9.17, 15) is 4.79 Å². The molecule has 4 nitrogen and oxygen atoms in total. The van der Waals surface area contributed by atoms with Crippen molar-refractivity contribution in [3.63, 3.8) is 0 Å². The second-order valence-electron chi connectivity index (χ2n) is 4.77. The number of hydrogen-bond acceptors (Lipinski definition) is 4. The molecule has 0 radical (unpaired) electrons. The summed E-state index contributed by atoms with van der Waals surface area (Å²) in [6, 6.07) is 0.243. The number of nitrogen functional groups attached to an aromatic ring is 1. The van der Waals surface area contributed by atoms with Crippen molar-refractivity contribution in [3.8, 4) is 0 Å². The van der Waals surface area contributed by atoms with Gasteiger partial charge in [-0.3, -0.25) is 4.79 Å². The number of carbonyl (C=O) groups is 1. The van der Waals surface area contributed by atoms with Gasteiger partial charge in [0.05, 0.1) is 5.69 Å². The Morgan fingerprint density at radius 2 is 2.18 bits per heavy atom. The first-order chi connectivity index (χ1) is 8.08. The summed E-state index contributed by atoms with van der Waals surface area (Å²) in [5.41, 5.74) is 6.32. The quantitative estimate of drug-likeness (QED) is 0.868. The number of hydrogen-bond donors (Lipinski definition) is 2. The van der Waals surface area contributed by atoms with Crippen LogP contribution in [0.25, 0.3) is 0 Å². The number of anilines is 1. The van der Waals surface area contributed by atoms with Gasteiger partial charge in [0, 0.05) is 6.04 Å². The predicted molar refractivity (Wildman–Crippen MR) is 70.1 cm³/mol. The number of rotatable bonds is 3. The van der Waals surface area contributed by atoms with Crippen molar-refractivity contribution in [2.24, 2.45) is 5.92 Å². The van der Waals surface area contributed by atoms with E-state index in [1.54, 1.807) is 0 Å². The highest BCUT2D eigenvalue weighted by Gasteiger charge is 2.24. The minimum atomic E-state index is -0.0314. The fourth-order valence-corrected chi connectivity index (χ4v) is 3.21. The molecule has 2 rings (SSSR count). The maximum absolute atomic E-state index is 12.0. The average molecular weight is 253 g/mol. The van der Waals surface area contributed by atoms with E-state index < -0.39 is 0 Å². The van der Waals surface area contributed by atoms with Gasteiger partial charge in [-0.15, -0.1) is 0 Å². The van der Waals surface area contributed by atoms with Gasteiger partial charge in [0.1, 0.15) is 4.88 Å². The van der Waals surface area contributed by atoms with E-state index in [4.69, 9.17) is 5.73 Å². The van der Waals surface area contributed by atoms with Crippen molar-refractivity contribution in [1.29, 1.82) is 0 Å². The third-order valence-electron chi connectivity index (χ3n) is 3.49. The van der Waals surface area contributed by atoms with E-state index in [0.29, 0.717) is 15.9 Å². The van der Waals surface area contributed by atoms with Crippen molar-refractivity contribution in [2.45, 2.75) is 45.6 Å². The number of nitrogens with two attached hydrogens (primary N) is 1. The number of aromatic nitrogens is 1. The molecule has 17 heavy (non-hydrogen) atoms. The zero-order chi connectivity index (χ0) is 12.4. The van der Waals surface area contributed by atoms with Gasteiger partial charge in [-0.2, -0.15) is 0 Å². The maximum atomic E-state index is 12.0. The molecule has 94 valence electrons. The molecule has 0 bridgehead atoms. The molecule has 1 aromatic heterocycles. The van der Waals surface area contributed by atoms with Crippen LogP contribution < -0.4 is 11.1 Å². The SMILES string of the molecule is Cc1nc(N)sc1C(=O)NC(C)C1CCCC1. The van der Waals surface area contributed by atoms with Gasteiger partial charge >= 0.3 is 0 Å². The van der Waals surface area contributed by atoms with Gasteiger partial charge in [0.2, 0.25) is 0 Å². The molecule has 1 unspecified atom stereocenters. The van der Waals surface area contributed by atoms with Crippen molar-refractivity contribution in [1.82, 2.24) is 10.3 Å². The molecule has 1 aliphatic carbocycles. The predicted octanol–water partition coefficient (Wildman–Crippen LogP) is 2.34. The Bertz CT molecular complexity index is 410. The lowest BCUT2D eigenvalue weighted by molar-refractivity contribution is 0.0930. The van der Waals surface area contributed by atoms with E-state index in [1.807, 2.05) is 6.92 Å². The van der Waals surface area contributed by atoms with Gasteiger partial charge in [-0.1, -0.05) is 24.2 Å². The first-order valence-corrected chi connectivity index (χ1v) is 6.93. The molecule has 0 aromatic carbocycles. The van der Waals surface area contributed by atoms with E-state index in [-0.39, 0.29) is 11.9 Å². The van der Waals surface area contributed by atoms with E-state index >= 15 is 0 Å². The van der Waals surface area contributed by atoms with Crippen LogP contribution in [0.1, 0.15) is 48.0 Å². The normalized spacial score (nSPS) is 18.2. The third-order valence-corrected chi connectivity index (χ3v) is 4.47. The van der Waals surface area contributed by atoms with Crippen LogP contribution in [0.3, 0.4) is 0 Å². The van der Waals surface area contributed by atoms with Gasteiger partial charge in [-0.05, 0) is 32.6 Å². The molecule has 1 aromatic rings. The van der Waals surface area contributed by atoms with Gasteiger partial charge in [-0.25, -0.2) is 4.98 Å². The molecule has 0 aliphatic heterocycles. The zero-order valence-corrected chi connectivity index (χ0v) is 11.1. The van der Waals surface area contributed by atoms with Crippen LogP contribution in [-0.2, 0) is 0 Å². The lowest BCUT2D eigenvalue weighted by Crippen LogP contribution is -2.37. The fourth-order valence-electron chi connectivity index (χ4n) is 2.48. The van der Waals surface area contributed by atoms with Gasteiger partial charge < -0.3 is 11.1 Å². The molecule has 1 aliphatic rings. The van der Waals surface area contributed by atoms with Crippen LogP contribution in [0, 0.1) is 12.8 Å².